The second-order valence-electron chi connectivity index (χ2n) is 5.26. The molecule has 3 rings (SSSR count). The number of hydrogen-bond donors (Lipinski definition) is 2. The van der Waals surface area contributed by atoms with Crippen LogP contribution in [0.2, 0.25) is 0 Å². The molecule has 0 unspecified atom stereocenters. The summed E-state index contributed by atoms with van der Waals surface area (Å²) < 4.78 is 37.2. The Morgan fingerprint density at radius 1 is 1.12 bits per heavy atom. The minimum atomic E-state index is -3.76. The van der Waals surface area contributed by atoms with Crippen LogP contribution in [0.4, 0.5) is 10.1 Å². The highest BCUT2D eigenvalue weighted by atomic mass is 32.2. The van der Waals surface area contributed by atoms with Gasteiger partial charge in [0.2, 0.25) is 15.9 Å². The largest absolute Gasteiger partial charge is 0.338 e. The summed E-state index contributed by atoms with van der Waals surface area (Å²) in [6.45, 7) is 0.0477. The zero-order valence-corrected chi connectivity index (χ0v) is 13.3. The number of amides is 1. The number of nitrogens with zero attached hydrogens (tertiary/aromatic N) is 1. The Bertz CT molecular complexity index is 1010. The molecule has 0 aliphatic heterocycles. The predicted octanol–water partition coefficient (Wildman–Crippen LogP) is 2.07. The molecule has 0 radical (unpaired) electrons. The van der Waals surface area contributed by atoms with Crippen LogP contribution >= 0.6 is 0 Å². The third-order valence-electron chi connectivity index (χ3n) is 3.51. The van der Waals surface area contributed by atoms with Gasteiger partial charge in [-0.1, -0.05) is 0 Å². The molecule has 0 fully saturated rings. The average Bonchev–Trinajstić information content (AvgIpc) is 2.89. The lowest BCUT2D eigenvalue weighted by atomic mass is 10.2. The van der Waals surface area contributed by atoms with Gasteiger partial charge in [0.05, 0.1) is 4.90 Å². The molecule has 0 atom stereocenters. The van der Waals surface area contributed by atoms with Gasteiger partial charge in [-0.05, 0) is 48.5 Å². The van der Waals surface area contributed by atoms with E-state index < -0.39 is 10.0 Å². The first-order chi connectivity index (χ1) is 11.3. The summed E-state index contributed by atoms with van der Waals surface area (Å²) in [5.41, 5.74) is 1.20. The Morgan fingerprint density at radius 3 is 2.50 bits per heavy atom. The van der Waals surface area contributed by atoms with E-state index in [-0.39, 0.29) is 23.2 Å². The van der Waals surface area contributed by atoms with Gasteiger partial charge in [0.1, 0.15) is 12.4 Å². The van der Waals surface area contributed by atoms with Crippen molar-refractivity contribution in [3.05, 3.63) is 60.5 Å². The molecule has 124 valence electrons. The summed E-state index contributed by atoms with van der Waals surface area (Å²) >= 11 is 0. The van der Waals surface area contributed by atoms with Crippen molar-refractivity contribution in [2.45, 2.75) is 11.4 Å². The molecule has 2 aromatic carbocycles. The first-order valence-corrected chi connectivity index (χ1v) is 8.55. The number of carbonyl (C=O) groups is 1. The number of carbonyl (C=O) groups excluding carboxylic acids is 1. The summed E-state index contributed by atoms with van der Waals surface area (Å²) in [5.74, 6) is -0.625. The van der Waals surface area contributed by atoms with Crippen molar-refractivity contribution in [1.29, 1.82) is 0 Å². The molecule has 0 aliphatic carbocycles. The first kappa shape index (κ1) is 16.2. The van der Waals surface area contributed by atoms with Crippen LogP contribution in [-0.4, -0.2) is 18.9 Å². The van der Waals surface area contributed by atoms with E-state index in [1.165, 1.54) is 36.4 Å². The molecule has 8 heteroatoms. The summed E-state index contributed by atoms with van der Waals surface area (Å²) in [6, 6.07) is 11.6. The third-order valence-corrected chi connectivity index (χ3v) is 4.44. The smallest absolute Gasteiger partial charge is 0.244 e. The van der Waals surface area contributed by atoms with Crippen molar-refractivity contribution in [2.24, 2.45) is 5.14 Å². The summed E-state index contributed by atoms with van der Waals surface area (Å²) in [5, 5.41) is 8.39. The third kappa shape index (κ3) is 3.44. The molecular weight excluding hydrogens is 333 g/mol. The molecule has 0 spiro atoms. The maximum Gasteiger partial charge on any atom is 0.244 e. The van der Waals surface area contributed by atoms with Crippen molar-refractivity contribution < 1.29 is 17.6 Å². The van der Waals surface area contributed by atoms with Gasteiger partial charge >= 0.3 is 0 Å². The minimum Gasteiger partial charge on any atom is -0.338 e. The van der Waals surface area contributed by atoms with Crippen molar-refractivity contribution in [2.75, 3.05) is 5.32 Å². The standard InChI is InChI=1S/C16H14FN3O3S/c17-12-1-6-15-11(9-12)7-8-20(15)10-16(21)19-13-2-4-14(5-3-13)24(18,22)23/h1-9H,10H2,(H,19,21)(H2,18,22,23). The molecule has 1 amide bonds. The number of primary sulfonamides is 1. The quantitative estimate of drug-likeness (QED) is 0.756. The number of sulfonamides is 1. The van der Waals surface area contributed by atoms with Crippen LogP contribution in [0.5, 0.6) is 0 Å². The molecule has 6 nitrogen and oxygen atoms in total. The molecule has 3 aromatic rings. The highest BCUT2D eigenvalue weighted by Crippen LogP contribution is 2.17. The van der Waals surface area contributed by atoms with Gasteiger partial charge in [-0.2, -0.15) is 0 Å². The van der Waals surface area contributed by atoms with Crippen LogP contribution in [-0.2, 0) is 21.4 Å². The molecule has 1 aromatic heterocycles. The second kappa shape index (κ2) is 6.06. The maximum absolute atomic E-state index is 13.2. The van der Waals surface area contributed by atoms with Crippen LogP contribution in [0.15, 0.2) is 59.6 Å². The highest BCUT2D eigenvalue weighted by Gasteiger charge is 2.10. The predicted molar refractivity (Wildman–Crippen MR) is 88.3 cm³/mol. The van der Waals surface area contributed by atoms with Crippen molar-refractivity contribution in [3.8, 4) is 0 Å². The van der Waals surface area contributed by atoms with Gasteiger partial charge in [0, 0.05) is 22.8 Å². The molecule has 0 saturated carbocycles. The highest BCUT2D eigenvalue weighted by molar-refractivity contribution is 7.89. The van der Waals surface area contributed by atoms with Gasteiger partial charge in [-0.3, -0.25) is 4.79 Å². The molecule has 24 heavy (non-hydrogen) atoms. The summed E-state index contributed by atoms with van der Waals surface area (Å²) in [6.07, 6.45) is 1.70. The number of nitrogens with two attached hydrogens (primary N) is 1. The Kier molecular flexibility index (Phi) is 4.08. The fraction of sp³-hybridized carbons (Fsp3) is 0.0625. The zero-order chi connectivity index (χ0) is 17.3. The van der Waals surface area contributed by atoms with E-state index in [1.807, 2.05) is 0 Å². The number of benzene rings is 2. The lowest BCUT2D eigenvalue weighted by molar-refractivity contribution is -0.116. The number of aromatic nitrogens is 1. The van der Waals surface area contributed by atoms with E-state index in [0.29, 0.717) is 11.1 Å². The van der Waals surface area contributed by atoms with Gasteiger partial charge in [-0.25, -0.2) is 17.9 Å². The normalized spacial score (nSPS) is 11.6. The summed E-state index contributed by atoms with van der Waals surface area (Å²) in [4.78, 5) is 12.1. The molecule has 0 aliphatic rings. The first-order valence-electron chi connectivity index (χ1n) is 7.00. The van der Waals surface area contributed by atoms with Crippen molar-refractivity contribution in [3.63, 3.8) is 0 Å². The Hall–Kier alpha value is -2.71. The van der Waals surface area contributed by atoms with Crippen LogP contribution < -0.4 is 10.5 Å². The summed E-state index contributed by atoms with van der Waals surface area (Å²) in [7, 11) is -3.76. The number of halogens is 1. The van der Waals surface area contributed by atoms with Gasteiger partial charge in [0.15, 0.2) is 0 Å². The van der Waals surface area contributed by atoms with Gasteiger partial charge < -0.3 is 9.88 Å². The fourth-order valence-electron chi connectivity index (χ4n) is 2.39. The average molecular weight is 347 g/mol. The number of hydrogen-bond acceptors (Lipinski definition) is 3. The van der Waals surface area contributed by atoms with E-state index in [1.54, 1.807) is 22.9 Å². The molecule has 0 bridgehead atoms. The Labute approximate surface area is 137 Å². The number of fused-ring (bicyclic) bond motifs is 1. The number of anilines is 1. The topological polar surface area (TPSA) is 94.2 Å². The van der Waals surface area contributed by atoms with Gasteiger partial charge in [0.25, 0.3) is 0 Å². The fourth-order valence-corrected chi connectivity index (χ4v) is 2.91. The van der Waals surface area contributed by atoms with Crippen LogP contribution in [0.3, 0.4) is 0 Å². The van der Waals surface area contributed by atoms with E-state index in [0.717, 1.165) is 5.52 Å². The van der Waals surface area contributed by atoms with E-state index >= 15 is 0 Å². The van der Waals surface area contributed by atoms with Crippen molar-refractivity contribution in [1.82, 2.24) is 4.57 Å². The Morgan fingerprint density at radius 2 is 1.83 bits per heavy atom. The van der Waals surface area contributed by atoms with E-state index in [4.69, 9.17) is 5.14 Å². The Balaban J connectivity index is 1.73. The van der Waals surface area contributed by atoms with Crippen LogP contribution in [0, 0.1) is 5.82 Å². The van der Waals surface area contributed by atoms with E-state index in [2.05, 4.69) is 5.32 Å². The van der Waals surface area contributed by atoms with Crippen LogP contribution in [0.1, 0.15) is 0 Å². The monoisotopic (exact) mass is 347 g/mol. The molecule has 0 saturated heterocycles. The van der Waals surface area contributed by atoms with Crippen molar-refractivity contribution >= 4 is 32.5 Å². The molecular formula is C16H14FN3O3S. The lowest BCUT2D eigenvalue weighted by Gasteiger charge is -2.08. The van der Waals surface area contributed by atoms with Gasteiger partial charge in [-0.15, -0.1) is 0 Å². The molecule has 3 N–H and O–H groups in total. The lowest BCUT2D eigenvalue weighted by Crippen LogP contribution is -2.18. The maximum atomic E-state index is 13.2. The van der Waals surface area contributed by atoms with E-state index in [9.17, 15) is 17.6 Å². The minimum absolute atomic E-state index is 0.0288. The zero-order valence-electron chi connectivity index (χ0n) is 12.4. The number of nitrogens with one attached hydrogen (secondary N) is 1. The molecule has 1 heterocycles. The second-order valence-corrected chi connectivity index (χ2v) is 6.83. The SMILES string of the molecule is NS(=O)(=O)c1ccc(NC(=O)Cn2ccc3cc(F)ccc32)cc1. The van der Waals surface area contributed by atoms with Crippen LogP contribution in [0.25, 0.3) is 10.9 Å². The number of rotatable bonds is 4.